The zero-order valence-corrected chi connectivity index (χ0v) is 9.16. The van der Waals surface area contributed by atoms with Crippen LogP contribution in [0.2, 0.25) is 0 Å². The Hall–Kier alpha value is -0.190. The monoisotopic (exact) mass is 206 g/mol. The Kier molecular flexibility index (Phi) is 3.50. The molecule has 0 amide bonds. The van der Waals surface area contributed by atoms with Gasteiger partial charge in [0.05, 0.1) is 18.8 Å². The summed E-state index contributed by atoms with van der Waals surface area (Å²) in [6.45, 7) is 7.00. The van der Waals surface area contributed by atoms with Gasteiger partial charge in [0.1, 0.15) is 12.2 Å². The fourth-order valence-corrected chi connectivity index (χ4v) is 1.49. The van der Waals surface area contributed by atoms with Gasteiger partial charge in [-0.1, -0.05) is 0 Å². The van der Waals surface area contributed by atoms with Gasteiger partial charge < -0.3 is 14.6 Å². The number of aliphatic hydroxyl groups excluding tert-OH is 1. The summed E-state index contributed by atoms with van der Waals surface area (Å²) in [4.78, 5) is 0. The summed E-state index contributed by atoms with van der Waals surface area (Å²) in [5.41, 5.74) is -1.68. The molecule has 1 fully saturated rings. The highest BCUT2D eigenvalue weighted by molar-refractivity contribution is 4.99. The molecule has 84 valence electrons. The molecule has 1 aliphatic heterocycles. The van der Waals surface area contributed by atoms with Crippen molar-refractivity contribution in [3.63, 3.8) is 0 Å². The van der Waals surface area contributed by atoms with Crippen LogP contribution in [0.25, 0.3) is 0 Å². The lowest BCUT2D eigenvalue weighted by Crippen LogP contribution is -2.41. The van der Waals surface area contributed by atoms with Crippen LogP contribution in [0.15, 0.2) is 0 Å². The lowest BCUT2D eigenvalue weighted by Gasteiger charge is -2.21. The molecule has 0 aromatic rings. The molecule has 1 N–H and O–H groups in total. The van der Waals surface area contributed by atoms with Gasteiger partial charge in [-0.25, -0.2) is 4.39 Å². The van der Waals surface area contributed by atoms with Crippen LogP contribution in [-0.4, -0.2) is 41.8 Å². The van der Waals surface area contributed by atoms with E-state index in [1.54, 1.807) is 6.92 Å². The van der Waals surface area contributed by atoms with E-state index in [4.69, 9.17) is 9.47 Å². The number of aliphatic hydroxyl groups is 1. The summed E-state index contributed by atoms with van der Waals surface area (Å²) in [6.07, 6.45) is -2.18. The molecular weight excluding hydrogens is 187 g/mol. The number of halogens is 1. The van der Waals surface area contributed by atoms with Gasteiger partial charge in [0.2, 0.25) is 0 Å². The van der Waals surface area contributed by atoms with Crippen LogP contribution in [0, 0.1) is 0 Å². The Labute approximate surface area is 84.2 Å². The second kappa shape index (κ2) is 4.13. The van der Waals surface area contributed by atoms with Gasteiger partial charge in [-0.2, -0.15) is 0 Å². The highest BCUT2D eigenvalue weighted by Crippen LogP contribution is 2.34. The molecule has 0 saturated carbocycles. The van der Waals surface area contributed by atoms with Crippen LogP contribution in [0.4, 0.5) is 4.39 Å². The van der Waals surface area contributed by atoms with Gasteiger partial charge in [0.25, 0.3) is 0 Å². The van der Waals surface area contributed by atoms with Crippen LogP contribution < -0.4 is 0 Å². The fourth-order valence-electron chi connectivity index (χ4n) is 1.49. The molecule has 3 nitrogen and oxygen atoms in total. The second-order valence-corrected chi connectivity index (χ2v) is 4.29. The van der Waals surface area contributed by atoms with Crippen LogP contribution in [-0.2, 0) is 9.47 Å². The Morgan fingerprint density at radius 1 is 1.57 bits per heavy atom. The van der Waals surface area contributed by atoms with E-state index in [9.17, 15) is 9.50 Å². The lowest BCUT2D eigenvalue weighted by molar-refractivity contribution is -0.0555. The third-order valence-corrected chi connectivity index (χ3v) is 2.70. The van der Waals surface area contributed by atoms with Crippen molar-refractivity contribution < 1.29 is 19.0 Å². The molecule has 0 aromatic heterocycles. The first kappa shape index (κ1) is 11.9. The minimum absolute atomic E-state index is 0.0626. The SMILES string of the molecule is CC(C)OCC1OC(C)[C@@](C)(F)C1O. The average molecular weight is 206 g/mol. The largest absolute Gasteiger partial charge is 0.387 e. The number of alkyl halides is 1. The number of rotatable bonds is 3. The van der Waals surface area contributed by atoms with E-state index in [0.29, 0.717) is 0 Å². The van der Waals surface area contributed by atoms with Gasteiger partial charge >= 0.3 is 0 Å². The Morgan fingerprint density at radius 3 is 2.50 bits per heavy atom. The third-order valence-electron chi connectivity index (χ3n) is 2.70. The number of ether oxygens (including phenoxy) is 2. The fraction of sp³-hybridized carbons (Fsp3) is 1.00. The van der Waals surface area contributed by atoms with E-state index in [-0.39, 0.29) is 12.7 Å². The second-order valence-electron chi connectivity index (χ2n) is 4.29. The minimum Gasteiger partial charge on any atom is -0.387 e. The molecule has 1 rings (SSSR count). The molecule has 1 aliphatic rings. The van der Waals surface area contributed by atoms with Crippen molar-refractivity contribution in [1.29, 1.82) is 0 Å². The molecule has 0 aliphatic carbocycles. The third kappa shape index (κ3) is 2.24. The summed E-state index contributed by atoms with van der Waals surface area (Å²) in [5, 5.41) is 9.62. The van der Waals surface area contributed by atoms with E-state index in [1.807, 2.05) is 13.8 Å². The number of hydrogen-bond acceptors (Lipinski definition) is 3. The Morgan fingerprint density at radius 2 is 2.14 bits per heavy atom. The zero-order valence-electron chi connectivity index (χ0n) is 9.16. The van der Waals surface area contributed by atoms with Gasteiger partial charge in [-0.3, -0.25) is 0 Å². The minimum atomic E-state index is -1.68. The molecule has 4 heteroatoms. The van der Waals surface area contributed by atoms with Gasteiger partial charge in [-0.05, 0) is 27.7 Å². The maximum Gasteiger partial charge on any atom is 0.162 e. The Balaban J connectivity index is 2.50. The van der Waals surface area contributed by atoms with Crippen molar-refractivity contribution in [2.24, 2.45) is 0 Å². The van der Waals surface area contributed by atoms with E-state index < -0.39 is 24.0 Å². The predicted molar refractivity (Wildman–Crippen MR) is 50.9 cm³/mol. The molecule has 1 heterocycles. The maximum atomic E-state index is 13.7. The molecule has 3 unspecified atom stereocenters. The average Bonchev–Trinajstić information content (AvgIpc) is 2.26. The van der Waals surface area contributed by atoms with Crippen molar-refractivity contribution in [2.75, 3.05) is 6.61 Å². The van der Waals surface area contributed by atoms with Gasteiger partial charge in [0.15, 0.2) is 5.67 Å². The highest BCUT2D eigenvalue weighted by Gasteiger charge is 2.51. The van der Waals surface area contributed by atoms with Crippen molar-refractivity contribution in [2.45, 2.75) is 57.8 Å². The van der Waals surface area contributed by atoms with Gasteiger partial charge in [-0.15, -0.1) is 0 Å². The quantitative estimate of drug-likeness (QED) is 0.756. The molecule has 14 heavy (non-hydrogen) atoms. The summed E-state index contributed by atoms with van der Waals surface area (Å²) in [7, 11) is 0. The molecule has 0 radical (unpaired) electrons. The molecule has 0 bridgehead atoms. The van der Waals surface area contributed by atoms with E-state index in [0.717, 1.165) is 0 Å². The maximum absolute atomic E-state index is 13.7. The first-order valence-corrected chi connectivity index (χ1v) is 4.99. The van der Waals surface area contributed by atoms with Crippen LogP contribution in [0.1, 0.15) is 27.7 Å². The molecule has 1 saturated heterocycles. The number of hydrogen-bond donors (Lipinski definition) is 1. The van der Waals surface area contributed by atoms with Crippen LogP contribution in [0.3, 0.4) is 0 Å². The Bertz CT molecular complexity index is 194. The van der Waals surface area contributed by atoms with Crippen molar-refractivity contribution in [3.8, 4) is 0 Å². The van der Waals surface area contributed by atoms with Gasteiger partial charge in [0, 0.05) is 0 Å². The summed E-state index contributed by atoms with van der Waals surface area (Å²) >= 11 is 0. The highest BCUT2D eigenvalue weighted by atomic mass is 19.1. The molecular formula is C10H19FO3. The first-order valence-electron chi connectivity index (χ1n) is 4.99. The normalized spacial score (nSPS) is 43.5. The van der Waals surface area contributed by atoms with Crippen LogP contribution in [0.5, 0.6) is 0 Å². The smallest absolute Gasteiger partial charge is 0.162 e. The first-order chi connectivity index (χ1) is 6.35. The topological polar surface area (TPSA) is 38.7 Å². The van der Waals surface area contributed by atoms with Crippen molar-refractivity contribution in [1.82, 2.24) is 0 Å². The van der Waals surface area contributed by atoms with E-state index >= 15 is 0 Å². The summed E-state index contributed by atoms with van der Waals surface area (Å²) < 4.78 is 24.3. The summed E-state index contributed by atoms with van der Waals surface area (Å²) in [6, 6.07) is 0. The molecule has 0 spiro atoms. The lowest BCUT2D eigenvalue weighted by atomic mass is 9.96. The van der Waals surface area contributed by atoms with E-state index in [1.165, 1.54) is 6.92 Å². The van der Waals surface area contributed by atoms with Crippen molar-refractivity contribution in [3.05, 3.63) is 0 Å². The molecule has 0 aromatic carbocycles. The standard InChI is InChI=1S/C10H19FO3/c1-6(2)13-5-8-9(12)10(4,11)7(3)14-8/h6-9,12H,5H2,1-4H3/t7?,8?,9?,10-/m1/s1. The molecule has 4 atom stereocenters. The predicted octanol–water partition coefficient (Wildman–Crippen LogP) is 1.29. The zero-order chi connectivity index (χ0) is 10.9. The van der Waals surface area contributed by atoms with Crippen molar-refractivity contribution >= 4 is 0 Å². The van der Waals surface area contributed by atoms with Crippen LogP contribution >= 0.6 is 0 Å². The summed E-state index contributed by atoms with van der Waals surface area (Å²) in [5.74, 6) is 0. The van der Waals surface area contributed by atoms with E-state index in [2.05, 4.69) is 0 Å².